The fraction of sp³-hybridized carbons (Fsp3) is 0.417. The molecular formula is C12H11F5N2O. The zero-order valence-electron chi connectivity index (χ0n) is 10.2. The lowest BCUT2D eigenvalue weighted by molar-refractivity contribution is -0.120. The molecule has 1 atom stereocenters. The van der Waals surface area contributed by atoms with Crippen LogP contribution >= 0.6 is 0 Å². The number of amides is 1. The molecule has 0 aromatic heterocycles. The van der Waals surface area contributed by atoms with Crippen molar-refractivity contribution in [3.63, 3.8) is 0 Å². The first-order chi connectivity index (χ1) is 9.43. The van der Waals surface area contributed by atoms with E-state index >= 15 is 0 Å². The molecule has 1 aromatic rings. The maximum Gasteiger partial charge on any atom is 0.228 e. The number of carbonyl (C=O) groups excluding carboxylic acids is 1. The van der Waals surface area contributed by atoms with Gasteiger partial charge in [0.25, 0.3) is 0 Å². The second kappa shape index (κ2) is 5.74. The van der Waals surface area contributed by atoms with E-state index in [1.54, 1.807) is 5.32 Å². The highest BCUT2D eigenvalue weighted by molar-refractivity contribution is 5.93. The molecule has 0 bridgehead atoms. The van der Waals surface area contributed by atoms with Crippen molar-refractivity contribution >= 4 is 11.6 Å². The normalized spacial score (nSPS) is 18.9. The van der Waals surface area contributed by atoms with Gasteiger partial charge in [0.05, 0.1) is 5.92 Å². The van der Waals surface area contributed by atoms with Crippen molar-refractivity contribution < 1.29 is 26.7 Å². The Morgan fingerprint density at radius 2 is 1.55 bits per heavy atom. The number of nitrogens with one attached hydrogen (secondary N) is 2. The second-order valence-electron chi connectivity index (χ2n) is 4.48. The maximum absolute atomic E-state index is 13.4. The number of halogens is 5. The molecule has 20 heavy (non-hydrogen) atoms. The number of anilines is 1. The summed E-state index contributed by atoms with van der Waals surface area (Å²) in [7, 11) is 0. The zero-order valence-corrected chi connectivity index (χ0v) is 10.2. The van der Waals surface area contributed by atoms with Crippen molar-refractivity contribution in [2.75, 3.05) is 18.4 Å². The number of rotatable bonds is 2. The summed E-state index contributed by atoms with van der Waals surface area (Å²) in [5.41, 5.74) is -1.31. The first-order valence-corrected chi connectivity index (χ1v) is 5.96. The minimum atomic E-state index is -2.25. The van der Waals surface area contributed by atoms with E-state index in [0.717, 1.165) is 0 Å². The Balaban J connectivity index is 2.27. The third-order valence-electron chi connectivity index (χ3n) is 3.13. The lowest BCUT2D eigenvalue weighted by Crippen LogP contribution is -2.37. The SMILES string of the molecule is O=C(Nc1c(F)c(F)c(F)c(F)c1F)C1CCCNC1. The molecule has 0 aliphatic carbocycles. The maximum atomic E-state index is 13.4. The van der Waals surface area contributed by atoms with Gasteiger partial charge in [-0.2, -0.15) is 0 Å². The van der Waals surface area contributed by atoms with Crippen molar-refractivity contribution in [1.29, 1.82) is 0 Å². The Morgan fingerprint density at radius 3 is 2.05 bits per heavy atom. The molecule has 1 aromatic carbocycles. The molecular weight excluding hydrogens is 283 g/mol. The Kier molecular flexibility index (Phi) is 4.22. The molecule has 0 spiro atoms. The summed E-state index contributed by atoms with van der Waals surface area (Å²) in [6, 6.07) is 0. The van der Waals surface area contributed by atoms with Crippen LogP contribution < -0.4 is 10.6 Å². The number of hydrogen-bond acceptors (Lipinski definition) is 2. The van der Waals surface area contributed by atoms with Crippen molar-refractivity contribution in [1.82, 2.24) is 5.32 Å². The highest BCUT2D eigenvalue weighted by Crippen LogP contribution is 2.27. The van der Waals surface area contributed by atoms with Gasteiger partial charge < -0.3 is 10.6 Å². The second-order valence-corrected chi connectivity index (χ2v) is 4.48. The predicted molar refractivity (Wildman–Crippen MR) is 60.5 cm³/mol. The summed E-state index contributed by atoms with van der Waals surface area (Å²) in [5, 5.41) is 4.69. The summed E-state index contributed by atoms with van der Waals surface area (Å²) in [5.74, 6) is -11.9. The van der Waals surface area contributed by atoms with E-state index in [1.165, 1.54) is 0 Å². The zero-order chi connectivity index (χ0) is 14.9. The lowest BCUT2D eigenvalue weighted by atomic mass is 9.99. The number of piperidine rings is 1. The van der Waals surface area contributed by atoms with Gasteiger partial charge in [0.2, 0.25) is 11.7 Å². The summed E-state index contributed by atoms with van der Waals surface area (Å²) >= 11 is 0. The van der Waals surface area contributed by atoms with Gasteiger partial charge in [-0.15, -0.1) is 0 Å². The van der Waals surface area contributed by atoms with Gasteiger partial charge in [0.15, 0.2) is 23.3 Å². The molecule has 1 amide bonds. The van der Waals surface area contributed by atoms with Crippen molar-refractivity contribution in [3.05, 3.63) is 29.1 Å². The smallest absolute Gasteiger partial charge is 0.228 e. The fourth-order valence-electron chi connectivity index (χ4n) is 2.02. The van der Waals surface area contributed by atoms with Gasteiger partial charge in [-0.05, 0) is 19.4 Å². The van der Waals surface area contributed by atoms with E-state index in [-0.39, 0.29) is 0 Å². The molecule has 3 nitrogen and oxygen atoms in total. The van der Waals surface area contributed by atoms with Crippen LogP contribution in [0.25, 0.3) is 0 Å². The van der Waals surface area contributed by atoms with Gasteiger partial charge in [-0.3, -0.25) is 4.79 Å². The van der Waals surface area contributed by atoms with Gasteiger partial charge in [-0.25, -0.2) is 22.0 Å². The third-order valence-corrected chi connectivity index (χ3v) is 3.13. The van der Waals surface area contributed by atoms with Crippen LogP contribution in [0.1, 0.15) is 12.8 Å². The first-order valence-electron chi connectivity index (χ1n) is 5.96. The first kappa shape index (κ1) is 14.7. The van der Waals surface area contributed by atoms with Gasteiger partial charge in [-0.1, -0.05) is 0 Å². The van der Waals surface area contributed by atoms with Crippen LogP contribution in [0, 0.1) is 35.0 Å². The van der Waals surface area contributed by atoms with Crippen LogP contribution in [0.4, 0.5) is 27.6 Å². The molecule has 1 unspecified atom stereocenters. The lowest BCUT2D eigenvalue weighted by Gasteiger charge is -2.22. The average molecular weight is 294 g/mol. The monoisotopic (exact) mass is 294 g/mol. The largest absolute Gasteiger partial charge is 0.321 e. The summed E-state index contributed by atoms with van der Waals surface area (Å²) in [6.45, 7) is 1.01. The van der Waals surface area contributed by atoms with Crippen LogP contribution in [0.3, 0.4) is 0 Å². The third kappa shape index (κ3) is 2.60. The standard InChI is InChI=1S/C12H11F5N2O/c13-6-7(14)9(16)11(10(17)8(6)15)19-12(20)5-2-1-3-18-4-5/h5,18H,1-4H2,(H,19,20). The molecule has 1 fully saturated rings. The van der Waals surface area contributed by atoms with E-state index in [0.29, 0.717) is 25.9 Å². The van der Waals surface area contributed by atoms with E-state index in [4.69, 9.17) is 0 Å². The van der Waals surface area contributed by atoms with Crippen LogP contribution in [-0.2, 0) is 4.79 Å². The number of hydrogen-bond donors (Lipinski definition) is 2. The molecule has 2 rings (SSSR count). The summed E-state index contributed by atoms with van der Waals surface area (Å²) in [4.78, 5) is 11.8. The van der Waals surface area contributed by atoms with Crippen molar-refractivity contribution in [2.45, 2.75) is 12.8 Å². The molecule has 1 saturated heterocycles. The Labute approximate surface area is 111 Å². The van der Waals surface area contributed by atoms with E-state index in [2.05, 4.69) is 5.32 Å². The molecule has 1 aliphatic rings. The molecule has 8 heteroatoms. The van der Waals surface area contributed by atoms with Gasteiger partial charge >= 0.3 is 0 Å². The Hall–Kier alpha value is -1.70. The summed E-state index contributed by atoms with van der Waals surface area (Å²) < 4.78 is 65.5. The molecule has 2 N–H and O–H groups in total. The average Bonchev–Trinajstić information content (AvgIpc) is 2.48. The van der Waals surface area contributed by atoms with Crippen LogP contribution in [0.15, 0.2) is 0 Å². The predicted octanol–water partition coefficient (Wildman–Crippen LogP) is 2.32. The van der Waals surface area contributed by atoms with Crippen LogP contribution in [-0.4, -0.2) is 19.0 Å². The topological polar surface area (TPSA) is 41.1 Å². The minimum Gasteiger partial charge on any atom is -0.321 e. The van der Waals surface area contributed by atoms with E-state index < -0.39 is 46.6 Å². The Bertz CT molecular complexity index is 514. The van der Waals surface area contributed by atoms with Crippen molar-refractivity contribution in [3.8, 4) is 0 Å². The summed E-state index contributed by atoms with van der Waals surface area (Å²) in [6.07, 6.45) is 1.17. The Morgan fingerprint density at radius 1 is 1.00 bits per heavy atom. The number of carbonyl (C=O) groups is 1. The molecule has 0 radical (unpaired) electrons. The highest BCUT2D eigenvalue weighted by Gasteiger charge is 2.29. The molecule has 1 aliphatic heterocycles. The molecule has 0 saturated carbocycles. The van der Waals surface area contributed by atoms with Crippen LogP contribution in [0.2, 0.25) is 0 Å². The van der Waals surface area contributed by atoms with Crippen molar-refractivity contribution in [2.24, 2.45) is 5.92 Å². The highest BCUT2D eigenvalue weighted by atomic mass is 19.2. The molecule has 110 valence electrons. The van der Waals surface area contributed by atoms with E-state index in [1.807, 2.05) is 0 Å². The fourth-order valence-corrected chi connectivity index (χ4v) is 2.02. The van der Waals surface area contributed by atoms with E-state index in [9.17, 15) is 26.7 Å². The molecule has 1 heterocycles. The number of benzene rings is 1. The quantitative estimate of drug-likeness (QED) is 0.499. The van der Waals surface area contributed by atoms with Gasteiger partial charge in [0, 0.05) is 6.54 Å². The minimum absolute atomic E-state index is 0.293. The van der Waals surface area contributed by atoms with Crippen LogP contribution in [0.5, 0.6) is 0 Å². The van der Waals surface area contributed by atoms with Gasteiger partial charge in [0.1, 0.15) is 5.69 Å².